The molecular weight excluding hydrogens is 298 g/mol. The lowest BCUT2D eigenvalue weighted by Crippen LogP contribution is -2.37. The van der Waals surface area contributed by atoms with Crippen molar-refractivity contribution in [1.29, 1.82) is 0 Å². The highest BCUT2D eigenvalue weighted by Crippen LogP contribution is 2.39. The Morgan fingerprint density at radius 1 is 1.41 bits per heavy atom. The van der Waals surface area contributed by atoms with Crippen LogP contribution in [0.3, 0.4) is 0 Å². The van der Waals surface area contributed by atoms with Crippen molar-refractivity contribution >= 4 is 17.2 Å². The number of hydrogen-bond donors (Lipinski definition) is 1. The molecule has 122 valence electrons. The van der Waals surface area contributed by atoms with Gasteiger partial charge in [0.1, 0.15) is 0 Å². The molecule has 2 fully saturated rings. The zero-order valence-electron chi connectivity index (χ0n) is 13.2. The standard InChI is InChI=1S/C17H25NO3S/c1-13(15-3-2-10-22-15)12-18-16(19)11-14-4-6-17(7-5-14)20-8-9-21-17/h2-3,10,13-14H,4-9,11-12H2,1H3,(H,18,19)/t13-/m0/s1. The van der Waals surface area contributed by atoms with Gasteiger partial charge in [0.15, 0.2) is 5.79 Å². The van der Waals surface area contributed by atoms with E-state index in [1.54, 1.807) is 11.3 Å². The van der Waals surface area contributed by atoms with Crippen LogP contribution >= 0.6 is 11.3 Å². The molecule has 1 amide bonds. The van der Waals surface area contributed by atoms with E-state index in [0.717, 1.165) is 32.2 Å². The quantitative estimate of drug-likeness (QED) is 0.904. The monoisotopic (exact) mass is 323 g/mol. The van der Waals surface area contributed by atoms with Gasteiger partial charge < -0.3 is 14.8 Å². The fourth-order valence-corrected chi connectivity index (χ4v) is 4.17. The molecule has 1 saturated carbocycles. The normalized spacial score (nSPS) is 22.8. The Bertz CT molecular complexity index is 472. The zero-order chi connectivity index (χ0) is 15.4. The van der Waals surface area contributed by atoms with Crippen molar-refractivity contribution in [3.8, 4) is 0 Å². The lowest BCUT2D eigenvalue weighted by molar-refractivity contribution is -0.183. The molecule has 0 bridgehead atoms. The molecule has 1 N–H and O–H groups in total. The molecule has 1 saturated heterocycles. The van der Waals surface area contributed by atoms with Crippen LogP contribution in [0.15, 0.2) is 17.5 Å². The van der Waals surface area contributed by atoms with Crippen LogP contribution in [0.25, 0.3) is 0 Å². The SMILES string of the molecule is C[C@@H](CNC(=O)CC1CCC2(CC1)OCCO2)c1cccs1. The third-order valence-corrected chi connectivity index (χ3v) is 5.89. The molecule has 2 aliphatic rings. The Kier molecular flexibility index (Phi) is 5.16. The number of hydrogen-bond acceptors (Lipinski definition) is 4. The Morgan fingerprint density at radius 3 is 2.77 bits per heavy atom. The molecule has 0 unspecified atom stereocenters. The van der Waals surface area contributed by atoms with Gasteiger partial charge >= 0.3 is 0 Å². The summed E-state index contributed by atoms with van der Waals surface area (Å²) in [5.41, 5.74) is 0. The van der Waals surface area contributed by atoms with Crippen LogP contribution in [0.1, 0.15) is 49.8 Å². The molecule has 22 heavy (non-hydrogen) atoms. The predicted octanol–water partition coefficient (Wildman–Crippen LogP) is 3.29. The van der Waals surface area contributed by atoms with E-state index in [0.29, 0.717) is 31.5 Å². The van der Waals surface area contributed by atoms with Crippen molar-refractivity contribution in [1.82, 2.24) is 5.32 Å². The fourth-order valence-electron chi connectivity index (χ4n) is 3.38. The van der Waals surface area contributed by atoms with Gasteiger partial charge in [0.25, 0.3) is 0 Å². The van der Waals surface area contributed by atoms with Crippen LogP contribution < -0.4 is 5.32 Å². The van der Waals surface area contributed by atoms with Crippen molar-refractivity contribution in [3.05, 3.63) is 22.4 Å². The first kappa shape index (κ1) is 16.0. The first-order valence-electron chi connectivity index (χ1n) is 8.25. The topological polar surface area (TPSA) is 47.6 Å². The Morgan fingerprint density at radius 2 is 2.14 bits per heavy atom. The minimum absolute atomic E-state index is 0.178. The maximum absolute atomic E-state index is 12.1. The molecule has 1 aliphatic heterocycles. The van der Waals surface area contributed by atoms with E-state index in [1.165, 1.54) is 4.88 Å². The molecule has 1 spiro atoms. The summed E-state index contributed by atoms with van der Waals surface area (Å²) >= 11 is 1.75. The summed E-state index contributed by atoms with van der Waals surface area (Å²) in [6.07, 6.45) is 4.53. The second kappa shape index (κ2) is 7.11. The summed E-state index contributed by atoms with van der Waals surface area (Å²) in [6, 6.07) is 4.19. The highest BCUT2D eigenvalue weighted by molar-refractivity contribution is 7.10. The lowest BCUT2D eigenvalue weighted by atomic mass is 9.83. The van der Waals surface area contributed by atoms with E-state index in [4.69, 9.17) is 9.47 Å². The number of thiophene rings is 1. The summed E-state index contributed by atoms with van der Waals surface area (Å²) in [4.78, 5) is 13.5. The summed E-state index contributed by atoms with van der Waals surface area (Å²) < 4.78 is 11.5. The largest absolute Gasteiger partial charge is 0.355 e. The third kappa shape index (κ3) is 3.89. The van der Waals surface area contributed by atoms with Gasteiger partial charge in [0, 0.05) is 36.6 Å². The Labute approximate surface area is 136 Å². The molecule has 1 aromatic rings. The minimum atomic E-state index is -0.319. The van der Waals surface area contributed by atoms with Crippen LogP contribution in [0.2, 0.25) is 0 Å². The van der Waals surface area contributed by atoms with Crippen molar-refractivity contribution < 1.29 is 14.3 Å². The van der Waals surface area contributed by atoms with Gasteiger partial charge in [-0.15, -0.1) is 11.3 Å². The Hall–Kier alpha value is -0.910. The van der Waals surface area contributed by atoms with Gasteiger partial charge in [-0.05, 0) is 30.2 Å². The van der Waals surface area contributed by atoms with Crippen LogP contribution in [0.4, 0.5) is 0 Å². The second-order valence-corrected chi connectivity index (χ2v) is 7.45. The molecule has 0 aromatic carbocycles. The third-order valence-electron chi connectivity index (χ3n) is 4.79. The zero-order valence-corrected chi connectivity index (χ0v) is 14.0. The summed E-state index contributed by atoms with van der Waals surface area (Å²) in [5.74, 6) is 0.715. The van der Waals surface area contributed by atoms with Crippen LogP contribution in [0.5, 0.6) is 0 Å². The van der Waals surface area contributed by atoms with Crippen molar-refractivity contribution in [2.75, 3.05) is 19.8 Å². The van der Waals surface area contributed by atoms with E-state index < -0.39 is 0 Å². The summed E-state index contributed by atoms with van der Waals surface area (Å²) in [5, 5.41) is 5.17. The smallest absolute Gasteiger partial charge is 0.220 e. The molecule has 1 aromatic heterocycles. The van der Waals surface area contributed by atoms with Crippen molar-refractivity contribution in [3.63, 3.8) is 0 Å². The highest BCUT2D eigenvalue weighted by atomic mass is 32.1. The number of carbonyl (C=O) groups excluding carboxylic acids is 1. The fraction of sp³-hybridized carbons (Fsp3) is 0.706. The van der Waals surface area contributed by atoms with Gasteiger partial charge in [-0.3, -0.25) is 4.79 Å². The maximum Gasteiger partial charge on any atom is 0.220 e. The number of ether oxygens (including phenoxy) is 2. The van der Waals surface area contributed by atoms with Gasteiger partial charge in [-0.25, -0.2) is 0 Å². The number of carbonyl (C=O) groups is 1. The second-order valence-electron chi connectivity index (χ2n) is 6.48. The molecule has 4 nitrogen and oxygen atoms in total. The van der Waals surface area contributed by atoms with E-state index in [2.05, 4.69) is 29.8 Å². The van der Waals surface area contributed by atoms with Gasteiger partial charge in [-0.2, -0.15) is 0 Å². The van der Waals surface area contributed by atoms with E-state index in [9.17, 15) is 4.79 Å². The number of nitrogens with one attached hydrogen (secondary N) is 1. The van der Waals surface area contributed by atoms with E-state index in [-0.39, 0.29) is 11.7 Å². The first-order chi connectivity index (χ1) is 10.7. The molecule has 3 rings (SSSR count). The average Bonchev–Trinajstić information content (AvgIpc) is 3.20. The minimum Gasteiger partial charge on any atom is -0.355 e. The molecule has 1 atom stereocenters. The summed E-state index contributed by atoms with van der Waals surface area (Å²) in [7, 11) is 0. The number of amides is 1. The first-order valence-corrected chi connectivity index (χ1v) is 9.13. The van der Waals surface area contributed by atoms with Gasteiger partial charge in [0.2, 0.25) is 5.91 Å². The van der Waals surface area contributed by atoms with Crippen molar-refractivity contribution in [2.24, 2.45) is 5.92 Å². The molecule has 5 heteroatoms. The Balaban J connectivity index is 1.37. The molecule has 1 aliphatic carbocycles. The van der Waals surface area contributed by atoms with Crippen molar-refractivity contribution in [2.45, 2.75) is 50.7 Å². The number of rotatable bonds is 5. The molecular formula is C17H25NO3S. The van der Waals surface area contributed by atoms with Crippen LogP contribution in [-0.4, -0.2) is 31.5 Å². The highest BCUT2D eigenvalue weighted by Gasteiger charge is 2.40. The van der Waals surface area contributed by atoms with Gasteiger partial charge in [-0.1, -0.05) is 13.0 Å². The summed E-state index contributed by atoms with van der Waals surface area (Å²) in [6.45, 7) is 4.31. The van der Waals surface area contributed by atoms with Crippen LogP contribution in [0, 0.1) is 5.92 Å². The van der Waals surface area contributed by atoms with Crippen LogP contribution in [-0.2, 0) is 14.3 Å². The lowest BCUT2D eigenvalue weighted by Gasteiger charge is -2.35. The average molecular weight is 323 g/mol. The molecule has 0 radical (unpaired) electrons. The van der Waals surface area contributed by atoms with E-state index in [1.807, 2.05) is 0 Å². The predicted molar refractivity (Wildman–Crippen MR) is 87.0 cm³/mol. The van der Waals surface area contributed by atoms with Gasteiger partial charge in [0.05, 0.1) is 13.2 Å². The molecule has 2 heterocycles. The van der Waals surface area contributed by atoms with E-state index >= 15 is 0 Å². The maximum atomic E-state index is 12.1.